The van der Waals surface area contributed by atoms with Crippen molar-refractivity contribution in [3.8, 4) is 0 Å². The zero-order chi connectivity index (χ0) is 12.0. The standard InChI is InChI=1S/C11H13BrClNO2/c1-2-16-6-5-14-11(15)9-7-8(12)3-4-10(9)13/h3-4,7H,2,5-6H2,1H3,(H,14,15). The molecule has 0 saturated carbocycles. The van der Waals surface area contributed by atoms with Gasteiger partial charge in [-0.15, -0.1) is 0 Å². The van der Waals surface area contributed by atoms with Gasteiger partial charge in [0.25, 0.3) is 5.91 Å². The zero-order valence-electron chi connectivity index (χ0n) is 8.93. The number of hydrogen-bond acceptors (Lipinski definition) is 2. The summed E-state index contributed by atoms with van der Waals surface area (Å²) in [7, 11) is 0. The summed E-state index contributed by atoms with van der Waals surface area (Å²) in [4.78, 5) is 11.7. The summed E-state index contributed by atoms with van der Waals surface area (Å²) in [5, 5.41) is 3.17. The lowest BCUT2D eigenvalue weighted by Gasteiger charge is -2.07. The number of amides is 1. The lowest BCUT2D eigenvalue weighted by Crippen LogP contribution is -2.27. The maximum atomic E-state index is 11.7. The van der Waals surface area contributed by atoms with Crippen molar-refractivity contribution in [2.24, 2.45) is 0 Å². The number of rotatable bonds is 5. The molecule has 1 aromatic rings. The molecule has 0 aliphatic heterocycles. The van der Waals surface area contributed by atoms with E-state index in [0.29, 0.717) is 30.3 Å². The van der Waals surface area contributed by atoms with Gasteiger partial charge in [-0.3, -0.25) is 4.79 Å². The van der Waals surface area contributed by atoms with Crippen LogP contribution >= 0.6 is 27.5 Å². The van der Waals surface area contributed by atoms with Gasteiger partial charge in [0.05, 0.1) is 17.2 Å². The van der Waals surface area contributed by atoms with Crippen LogP contribution in [-0.2, 0) is 4.74 Å². The fourth-order valence-corrected chi connectivity index (χ4v) is 1.71. The first-order chi connectivity index (χ1) is 7.65. The van der Waals surface area contributed by atoms with E-state index in [2.05, 4.69) is 21.2 Å². The molecule has 0 aliphatic rings. The molecule has 1 aromatic carbocycles. The highest BCUT2D eigenvalue weighted by atomic mass is 79.9. The molecule has 0 saturated heterocycles. The molecule has 1 N–H and O–H groups in total. The van der Waals surface area contributed by atoms with E-state index in [1.807, 2.05) is 6.92 Å². The van der Waals surface area contributed by atoms with Crippen LogP contribution in [0.3, 0.4) is 0 Å². The van der Waals surface area contributed by atoms with E-state index in [9.17, 15) is 4.79 Å². The second-order valence-electron chi connectivity index (χ2n) is 3.08. The Hall–Kier alpha value is -0.580. The molecule has 0 atom stereocenters. The summed E-state index contributed by atoms with van der Waals surface area (Å²) in [5.41, 5.74) is 0.465. The predicted molar refractivity (Wildman–Crippen MR) is 68.0 cm³/mol. The normalized spacial score (nSPS) is 10.2. The summed E-state index contributed by atoms with van der Waals surface area (Å²) < 4.78 is 5.94. The summed E-state index contributed by atoms with van der Waals surface area (Å²) in [5.74, 6) is -0.189. The molecule has 0 aliphatic carbocycles. The first-order valence-electron chi connectivity index (χ1n) is 4.96. The molecule has 3 nitrogen and oxygen atoms in total. The number of hydrogen-bond donors (Lipinski definition) is 1. The average Bonchev–Trinajstić information content (AvgIpc) is 2.27. The van der Waals surface area contributed by atoms with Crippen molar-refractivity contribution in [2.45, 2.75) is 6.92 Å². The Morgan fingerprint density at radius 1 is 1.56 bits per heavy atom. The second-order valence-corrected chi connectivity index (χ2v) is 4.40. The van der Waals surface area contributed by atoms with E-state index in [1.54, 1.807) is 18.2 Å². The second kappa shape index (κ2) is 6.89. The maximum Gasteiger partial charge on any atom is 0.252 e. The highest BCUT2D eigenvalue weighted by molar-refractivity contribution is 9.10. The van der Waals surface area contributed by atoms with E-state index in [-0.39, 0.29) is 5.91 Å². The summed E-state index contributed by atoms with van der Waals surface area (Å²) in [6.45, 7) is 3.55. The van der Waals surface area contributed by atoms with Crippen LogP contribution in [0.25, 0.3) is 0 Å². The molecule has 0 spiro atoms. The number of benzene rings is 1. The van der Waals surface area contributed by atoms with Gasteiger partial charge in [0.1, 0.15) is 0 Å². The first kappa shape index (κ1) is 13.5. The number of nitrogens with one attached hydrogen (secondary N) is 1. The van der Waals surface area contributed by atoms with Crippen molar-refractivity contribution >= 4 is 33.4 Å². The number of halogens is 2. The van der Waals surface area contributed by atoms with E-state index in [1.165, 1.54) is 0 Å². The third-order valence-corrected chi connectivity index (χ3v) is 2.73. The molecular weight excluding hydrogens is 293 g/mol. The van der Waals surface area contributed by atoms with Crippen LogP contribution in [0.5, 0.6) is 0 Å². The predicted octanol–water partition coefficient (Wildman–Crippen LogP) is 2.87. The first-order valence-corrected chi connectivity index (χ1v) is 6.13. The van der Waals surface area contributed by atoms with Crippen LogP contribution < -0.4 is 5.32 Å². The van der Waals surface area contributed by atoms with Gasteiger partial charge in [-0.2, -0.15) is 0 Å². The lowest BCUT2D eigenvalue weighted by molar-refractivity contribution is 0.0922. The maximum absolute atomic E-state index is 11.7. The molecule has 0 fully saturated rings. The smallest absolute Gasteiger partial charge is 0.252 e. The largest absolute Gasteiger partial charge is 0.380 e. The van der Waals surface area contributed by atoms with E-state index < -0.39 is 0 Å². The SMILES string of the molecule is CCOCCNC(=O)c1cc(Br)ccc1Cl. The van der Waals surface area contributed by atoms with Gasteiger partial charge >= 0.3 is 0 Å². The van der Waals surface area contributed by atoms with Crippen LogP contribution in [0.4, 0.5) is 0 Å². The molecule has 88 valence electrons. The van der Waals surface area contributed by atoms with Crippen molar-refractivity contribution in [1.29, 1.82) is 0 Å². The molecular formula is C11H13BrClNO2. The van der Waals surface area contributed by atoms with Gasteiger partial charge < -0.3 is 10.1 Å². The highest BCUT2D eigenvalue weighted by Gasteiger charge is 2.09. The van der Waals surface area contributed by atoms with Gasteiger partial charge in [0, 0.05) is 17.6 Å². The van der Waals surface area contributed by atoms with Crippen LogP contribution in [0.15, 0.2) is 22.7 Å². The van der Waals surface area contributed by atoms with Crippen molar-refractivity contribution in [3.63, 3.8) is 0 Å². The minimum atomic E-state index is -0.189. The summed E-state index contributed by atoms with van der Waals surface area (Å²) in [6.07, 6.45) is 0. The summed E-state index contributed by atoms with van der Waals surface area (Å²) in [6, 6.07) is 5.17. The minimum absolute atomic E-state index is 0.189. The minimum Gasteiger partial charge on any atom is -0.380 e. The van der Waals surface area contributed by atoms with Crippen molar-refractivity contribution in [1.82, 2.24) is 5.32 Å². The fourth-order valence-electron chi connectivity index (χ4n) is 1.15. The molecule has 5 heteroatoms. The Morgan fingerprint density at radius 2 is 2.31 bits per heavy atom. The molecule has 1 rings (SSSR count). The Labute approximate surface area is 108 Å². The molecule has 1 amide bonds. The Bertz CT molecular complexity index is 371. The summed E-state index contributed by atoms with van der Waals surface area (Å²) >= 11 is 9.21. The van der Waals surface area contributed by atoms with Crippen molar-refractivity contribution in [2.75, 3.05) is 19.8 Å². The van der Waals surface area contributed by atoms with Gasteiger partial charge in [-0.05, 0) is 25.1 Å². The van der Waals surface area contributed by atoms with Crippen LogP contribution in [-0.4, -0.2) is 25.7 Å². The molecule has 16 heavy (non-hydrogen) atoms. The monoisotopic (exact) mass is 305 g/mol. The number of carbonyl (C=O) groups excluding carboxylic acids is 1. The lowest BCUT2D eigenvalue weighted by atomic mass is 10.2. The van der Waals surface area contributed by atoms with Crippen LogP contribution in [0.1, 0.15) is 17.3 Å². The van der Waals surface area contributed by atoms with Crippen LogP contribution in [0, 0.1) is 0 Å². The van der Waals surface area contributed by atoms with E-state index in [0.717, 1.165) is 4.47 Å². The van der Waals surface area contributed by atoms with Crippen molar-refractivity contribution in [3.05, 3.63) is 33.3 Å². The molecule has 0 aromatic heterocycles. The third kappa shape index (κ3) is 4.12. The van der Waals surface area contributed by atoms with Crippen LogP contribution in [0.2, 0.25) is 5.02 Å². The molecule has 0 heterocycles. The highest BCUT2D eigenvalue weighted by Crippen LogP contribution is 2.20. The van der Waals surface area contributed by atoms with Gasteiger partial charge in [-0.1, -0.05) is 27.5 Å². The number of ether oxygens (including phenoxy) is 1. The van der Waals surface area contributed by atoms with Gasteiger partial charge in [0.2, 0.25) is 0 Å². The Morgan fingerprint density at radius 3 is 3.00 bits per heavy atom. The van der Waals surface area contributed by atoms with E-state index in [4.69, 9.17) is 16.3 Å². The third-order valence-electron chi connectivity index (χ3n) is 1.91. The van der Waals surface area contributed by atoms with Gasteiger partial charge in [-0.25, -0.2) is 0 Å². The van der Waals surface area contributed by atoms with Gasteiger partial charge in [0.15, 0.2) is 0 Å². The number of carbonyl (C=O) groups is 1. The quantitative estimate of drug-likeness (QED) is 0.850. The Kier molecular flexibility index (Phi) is 5.80. The average molecular weight is 307 g/mol. The zero-order valence-corrected chi connectivity index (χ0v) is 11.3. The molecule has 0 bridgehead atoms. The fraction of sp³-hybridized carbons (Fsp3) is 0.364. The molecule has 0 radical (unpaired) electrons. The van der Waals surface area contributed by atoms with E-state index >= 15 is 0 Å². The topological polar surface area (TPSA) is 38.3 Å². The Balaban J connectivity index is 2.55. The van der Waals surface area contributed by atoms with Crippen molar-refractivity contribution < 1.29 is 9.53 Å². The molecule has 0 unspecified atom stereocenters.